The Hall–Kier alpha value is -2.24. The van der Waals surface area contributed by atoms with Crippen LogP contribution >= 0.6 is 8.25 Å². The molecule has 27 heavy (non-hydrogen) atoms. The van der Waals surface area contributed by atoms with E-state index < -0.39 is 32.2 Å². The summed E-state index contributed by atoms with van der Waals surface area (Å²) in [4.78, 5) is 43.8. The van der Waals surface area contributed by atoms with Crippen molar-refractivity contribution >= 4 is 31.3 Å². The third kappa shape index (κ3) is 4.04. The van der Waals surface area contributed by atoms with Crippen LogP contribution < -0.4 is 10.9 Å². The van der Waals surface area contributed by atoms with Crippen LogP contribution in [-0.4, -0.2) is 54.2 Å². The second-order valence-electron chi connectivity index (χ2n) is 6.33. The van der Waals surface area contributed by atoms with Crippen molar-refractivity contribution in [1.29, 1.82) is 0 Å². The molecule has 0 bridgehead atoms. The highest BCUT2D eigenvalue weighted by atomic mass is 31.1. The van der Waals surface area contributed by atoms with E-state index in [1.54, 1.807) is 13.8 Å². The third-order valence-electron chi connectivity index (χ3n) is 4.05. The fourth-order valence-corrected chi connectivity index (χ4v) is 3.14. The van der Waals surface area contributed by atoms with E-state index in [1.807, 2.05) is 0 Å². The van der Waals surface area contributed by atoms with Crippen molar-refractivity contribution in [3.8, 4) is 0 Å². The highest BCUT2D eigenvalue weighted by Gasteiger charge is 2.43. The van der Waals surface area contributed by atoms with Crippen LogP contribution in [0.1, 0.15) is 26.5 Å². The fourth-order valence-electron chi connectivity index (χ4n) is 2.72. The number of nitrogens with zero attached hydrogens (tertiary/aromatic N) is 3. The van der Waals surface area contributed by atoms with Gasteiger partial charge in [-0.05, 0) is 0 Å². The Morgan fingerprint density at radius 1 is 1.59 bits per heavy atom. The maximum Gasteiger partial charge on any atom is 0.695 e. The van der Waals surface area contributed by atoms with Crippen molar-refractivity contribution in [2.45, 2.75) is 38.7 Å². The van der Waals surface area contributed by atoms with Gasteiger partial charge in [0.05, 0.1) is 19.0 Å². The van der Waals surface area contributed by atoms with E-state index in [9.17, 15) is 19.3 Å². The third-order valence-corrected chi connectivity index (χ3v) is 4.50. The number of H-pyrrole nitrogens is 1. The molecule has 3 heterocycles. The van der Waals surface area contributed by atoms with E-state index in [-0.39, 0.29) is 42.0 Å². The van der Waals surface area contributed by atoms with Crippen molar-refractivity contribution < 1.29 is 28.6 Å². The molecular weight excluding hydrogens is 381 g/mol. The lowest BCUT2D eigenvalue weighted by atomic mass is 10.2. The molecule has 1 unspecified atom stereocenters. The Labute approximate surface area is 153 Å². The second-order valence-corrected chi connectivity index (χ2v) is 7.02. The number of aliphatic hydroxyl groups excluding tert-OH is 1. The van der Waals surface area contributed by atoms with Crippen molar-refractivity contribution in [1.82, 2.24) is 19.5 Å². The lowest BCUT2D eigenvalue weighted by Crippen LogP contribution is -2.24. The Morgan fingerprint density at radius 3 is 2.96 bits per heavy atom. The van der Waals surface area contributed by atoms with Crippen LogP contribution in [0.15, 0.2) is 11.1 Å². The predicted octanol–water partition coefficient (Wildman–Crippen LogP) is 0.0288. The first kappa shape index (κ1) is 19.5. The zero-order valence-corrected chi connectivity index (χ0v) is 15.4. The first-order chi connectivity index (χ1) is 12.8. The number of anilines is 1. The van der Waals surface area contributed by atoms with E-state index in [0.717, 1.165) is 0 Å². The minimum absolute atomic E-state index is 0.000676. The number of fused-ring (bicyclic) bond motifs is 1. The summed E-state index contributed by atoms with van der Waals surface area (Å²) in [7, 11) is -2.90. The Balaban J connectivity index is 2.01. The summed E-state index contributed by atoms with van der Waals surface area (Å²) in [5, 5.41) is 11.8. The highest BCUT2D eigenvalue weighted by molar-refractivity contribution is 7.32. The van der Waals surface area contributed by atoms with Crippen LogP contribution in [-0.2, 0) is 18.6 Å². The lowest BCUT2D eigenvalue weighted by molar-refractivity contribution is -0.118. The maximum atomic E-state index is 12.2. The molecule has 1 aliphatic rings. The maximum absolute atomic E-state index is 12.2. The number of aliphatic hydroxyl groups is 1. The van der Waals surface area contributed by atoms with Gasteiger partial charge in [0.25, 0.3) is 5.56 Å². The second kappa shape index (κ2) is 7.79. The van der Waals surface area contributed by atoms with Gasteiger partial charge in [0.2, 0.25) is 11.9 Å². The van der Waals surface area contributed by atoms with Gasteiger partial charge in [0.15, 0.2) is 23.5 Å². The Bertz CT molecular complexity index is 926. The number of ether oxygens (including phenoxy) is 1. The molecule has 146 valence electrons. The zero-order valence-electron chi connectivity index (χ0n) is 14.5. The molecule has 4 N–H and O–H groups in total. The summed E-state index contributed by atoms with van der Waals surface area (Å²) in [6.07, 6.45) is -0.951. The molecule has 12 nitrogen and oxygen atoms in total. The summed E-state index contributed by atoms with van der Waals surface area (Å²) in [5.41, 5.74) is -0.468. The monoisotopic (exact) mass is 400 g/mol. The molecule has 0 radical (unpaired) electrons. The van der Waals surface area contributed by atoms with Gasteiger partial charge < -0.3 is 9.84 Å². The van der Waals surface area contributed by atoms with Crippen LogP contribution in [0, 0.1) is 5.92 Å². The van der Waals surface area contributed by atoms with Gasteiger partial charge in [-0.25, -0.2) is 4.98 Å². The highest BCUT2D eigenvalue weighted by Crippen LogP contribution is 2.37. The molecule has 2 aromatic rings. The number of hydrogen-bond donors (Lipinski definition) is 4. The number of carbonyl (C=O) groups excluding carboxylic acids is 1. The smallest absolute Gasteiger partial charge is 0.394 e. The average Bonchev–Trinajstić information content (AvgIpc) is 3.18. The van der Waals surface area contributed by atoms with Gasteiger partial charge in [-0.2, -0.15) is 4.98 Å². The number of imidazole rings is 1. The fraction of sp³-hybridized carbons (Fsp3) is 0.571. The molecule has 0 aliphatic carbocycles. The number of aromatic nitrogens is 4. The van der Waals surface area contributed by atoms with Gasteiger partial charge in [0, 0.05) is 16.9 Å². The van der Waals surface area contributed by atoms with Crippen LogP contribution in [0.4, 0.5) is 5.95 Å². The van der Waals surface area contributed by atoms with Crippen molar-refractivity contribution in [2.24, 2.45) is 5.92 Å². The molecular formula is C14H19N5O7P+. The van der Waals surface area contributed by atoms with Crippen LogP contribution in [0.25, 0.3) is 11.2 Å². The van der Waals surface area contributed by atoms with Gasteiger partial charge in [0.1, 0.15) is 0 Å². The molecule has 0 aromatic carbocycles. The van der Waals surface area contributed by atoms with Gasteiger partial charge in [-0.1, -0.05) is 13.8 Å². The van der Waals surface area contributed by atoms with Crippen LogP contribution in [0.5, 0.6) is 0 Å². The number of carbonyl (C=O) groups is 1. The quantitative estimate of drug-likeness (QED) is 0.489. The molecule has 0 spiro atoms. The first-order valence-electron chi connectivity index (χ1n) is 8.17. The van der Waals surface area contributed by atoms with E-state index >= 15 is 0 Å². The normalized spacial score (nSPS) is 23.1. The van der Waals surface area contributed by atoms with Crippen LogP contribution in [0.2, 0.25) is 0 Å². The van der Waals surface area contributed by atoms with E-state index in [4.69, 9.17) is 14.2 Å². The van der Waals surface area contributed by atoms with E-state index in [1.165, 1.54) is 10.9 Å². The number of hydrogen-bond acceptors (Lipinski definition) is 8. The van der Waals surface area contributed by atoms with E-state index in [2.05, 4.69) is 20.3 Å². The van der Waals surface area contributed by atoms with Gasteiger partial charge in [-0.3, -0.25) is 24.5 Å². The number of rotatable bonds is 6. The predicted molar refractivity (Wildman–Crippen MR) is 91.9 cm³/mol. The lowest BCUT2D eigenvalue weighted by Gasteiger charge is -2.16. The molecule has 1 fully saturated rings. The molecule has 1 saturated heterocycles. The molecule has 1 amide bonds. The standard InChI is InChI=1S/C14H18N5O7P/c1-6(2)11(21)17-14-16-10-9(12(22)18-14)15-5-19(10)13-8(26-27(23)24)3-7(4-20)25-13/h5-8,13,20H,3-4H2,1-2H3,(H2-,16,17,18,21,22,23,24)/p+1/t7-,8+,13+/m0/s1. The molecule has 1 aliphatic heterocycles. The summed E-state index contributed by atoms with van der Waals surface area (Å²) in [6.45, 7) is 3.07. The SMILES string of the molecule is CC(C)C(=O)Nc1nc2c(ncn2[C@@H]2O[C@H](CO)C[C@H]2O[P+](=O)O)c(=O)[nH]1. The van der Waals surface area contributed by atoms with Crippen LogP contribution in [0.3, 0.4) is 0 Å². The minimum atomic E-state index is -2.90. The first-order valence-corrected chi connectivity index (χ1v) is 9.30. The molecule has 2 aromatic heterocycles. The summed E-state index contributed by atoms with van der Waals surface area (Å²) < 4.78 is 23.1. The summed E-state index contributed by atoms with van der Waals surface area (Å²) >= 11 is 0. The summed E-state index contributed by atoms with van der Waals surface area (Å²) in [5.74, 6) is -0.715. The number of aromatic amines is 1. The number of nitrogens with one attached hydrogen (secondary N) is 2. The molecule has 13 heteroatoms. The Morgan fingerprint density at radius 2 is 2.33 bits per heavy atom. The molecule has 3 rings (SSSR count). The van der Waals surface area contributed by atoms with E-state index in [0.29, 0.717) is 0 Å². The Kier molecular flexibility index (Phi) is 5.63. The average molecular weight is 400 g/mol. The van der Waals surface area contributed by atoms with Gasteiger partial charge in [-0.15, -0.1) is 9.42 Å². The topological polar surface area (TPSA) is 169 Å². The van der Waals surface area contributed by atoms with Crippen molar-refractivity contribution in [3.05, 3.63) is 16.7 Å². The zero-order chi connectivity index (χ0) is 19.7. The summed E-state index contributed by atoms with van der Waals surface area (Å²) in [6, 6.07) is 0. The van der Waals surface area contributed by atoms with Crippen molar-refractivity contribution in [3.63, 3.8) is 0 Å². The largest absolute Gasteiger partial charge is 0.695 e. The minimum Gasteiger partial charge on any atom is -0.394 e. The molecule has 4 atom stereocenters. The van der Waals surface area contributed by atoms with Crippen molar-refractivity contribution in [2.75, 3.05) is 11.9 Å². The van der Waals surface area contributed by atoms with Gasteiger partial charge >= 0.3 is 8.25 Å². The molecule has 0 saturated carbocycles. The number of amides is 1.